The number of nitrogens with one attached hydrogen (secondary N) is 1. The standard InChI is InChI=1S/C28H26F3IN2O6/c29-28(30,31)20-7-5-18(6-8-20)27(38)34(15-17-9-12-39-16-17)22-13-19(26(37)33-10-11-35)14-24(25(22)36)40-23-4-2-1-3-21(23)32/h1-9,12,14,16,22,24-25,35-36H,10-11,13,15H2,(H,33,37)/t22-,24+,25+/m1/s1. The van der Waals surface area contributed by atoms with Gasteiger partial charge in [0.2, 0.25) is 5.91 Å². The van der Waals surface area contributed by atoms with Crippen LogP contribution in [0.25, 0.3) is 0 Å². The molecular weight excluding hydrogens is 644 g/mol. The molecular formula is C28H26F3IN2O6. The molecule has 0 bridgehead atoms. The summed E-state index contributed by atoms with van der Waals surface area (Å²) >= 11 is 2.07. The molecule has 1 aromatic heterocycles. The molecule has 0 unspecified atom stereocenters. The molecule has 12 heteroatoms. The Labute approximate surface area is 241 Å². The Bertz CT molecular complexity index is 1340. The van der Waals surface area contributed by atoms with E-state index >= 15 is 0 Å². The third kappa shape index (κ3) is 7.04. The topological polar surface area (TPSA) is 112 Å². The number of halogens is 4. The summed E-state index contributed by atoms with van der Waals surface area (Å²) < 4.78 is 51.3. The smallest absolute Gasteiger partial charge is 0.416 e. The average molecular weight is 670 g/mol. The number of hydrogen-bond acceptors (Lipinski definition) is 6. The van der Waals surface area contributed by atoms with Gasteiger partial charge in [0.05, 0.1) is 34.3 Å². The molecule has 8 nitrogen and oxygen atoms in total. The van der Waals surface area contributed by atoms with Crippen LogP contribution in [0.5, 0.6) is 5.75 Å². The second-order valence-electron chi connectivity index (χ2n) is 9.09. The van der Waals surface area contributed by atoms with Gasteiger partial charge in [0.25, 0.3) is 5.91 Å². The number of amides is 2. The van der Waals surface area contributed by atoms with Crippen molar-refractivity contribution in [3.63, 3.8) is 0 Å². The molecule has 40 heavy (non-hydrogen) atoms. The van der Waals surface area contributed by atoms with E-state index in [2.05, 4.69) is 27.9 Å². The van der Waals surface area contributed by atoms with Crippen LogP contribution in [0.3, 0.4) is 0 Å². The molecule has 0 saturated heterocycles. The lowest BCUT2D eigenvalue weighted by atomic mass is 9.87. The van der Waals surface area contributed by atoms with Crippen LogP contribution in [-0.2, 0) is 17.5 Å². The Morgan fingerprint density at radius 3 is 2.48 bits per heavy atom. The van der Waals surface area contributed by atoms with Crippen LogP contribution in [-0.4, -0.2) is 58.3 Å². The number of hydrogen-bond donors (Lipinski definition) is 3. The lowest BCUT2D eigenvalue weighted by Gasteiger charge is -2.40. The summed E-state index contributed by atoms with van der Waals surface area (Å²) in [6, 6.07) is 11.5. The van der Waals surface area contributed by atoms with E-state index in [0.717, 1.165) is 27.8 Å². The monoisotopic (exact) mass is 670 g/mol. The molecule has 0 fully saturated rings. The fourth-order valence-corrected chi connectivity index (χ4v) is 4.87. The SMILES string of the molecule is O=C(NCCO)C1=C[C@H](Oc2ccccc2I)[C@@H](O)[C@H](N(Cc2ccoc2)C(=O)c2ccc(C(F)(F)F)cc2)C1. The quantitative estimate of drug-likeness (QED) is 0.295. The molecule has 2 amide bonds. The van der Waals surface area contributed by atoms with Gasteiger partial charge < -0.3 is 29.6 Å². The first-order valence-electron chi connectivity index (χ1n) is 12.3. The minimum absolute atomic E-state index is 0.00524. The summed E-state index contributed by atoms with van der Waals surface area (Å²) in [5.74, 6) is -0.703. The number of rotatable bonds is 9. The number of furan rings is 1. The highest BCUT2D eigenvalue weighted by Crippen LogP contribution is 2.32. The minimum Gasteiger partial charge on any atom is -0.482 e. The van der Waals surface area contributed by atoms with Crippen molar-refractivity contribution in [3.8, 4) is 5.75 Å². The molecule has 0 saturated carbocycles. The summed E-state index contributed by atoms with van der Waals surface area (Å²) in [4.78, 5) is 28.0. The number of nitrogens with zero attached hydrogens (tertiary/aromatic N) is 1. The van der Waals surface area contributed by atoms with Gasteiger partial charge in [-0.2, -0.15) is 13.2 Å². The van der Waals surface area contributed by atoms with Crippen LogP contribution >= 0.6 is 22.6 Å². The molecule has 0 spiro atoms. The van der Waals surface area contributed by atoms with Crippen LogP contribution in [0.15, 0.2) is 83.2 Å². The number of aliphatic hydroxyl groups excluding tert-OH is 2. The Balaban J connectivity index is 1.71. The summed E-state index contributed by atoms with van der Waals surface area (Å²) in [7, 11) is 0. The normalized spacial score (nSPS) is 19.1. The van der Waals surface area contributed by atoms with Crippen molar-refractivity contribution in [1.29, 1.82) is 0 Å². The second-order valence-corrected chi connectivity index (χ2v) is 10.2. The minimum atomic E-state index is -4.57. The van der Waals surface area contributed by atoms with Crippen molar-refractivity contribution in [3.05, 3.63) is 99.0 Å². The van der Waals surface area contributed by atoms with Gasteiger partial charge in [-0.3, -0.25) is 9.59 Å². The molecule has 2 aromatic carbocycles. The number of alkyl halides is 3. The zero-order chi connectivity index (χ0) is 28.9. The van der Waals surface area contributed by atoms with Crippen LogP contribution in [0.4, 0.5) is 13.2 Å². The van der Waals surface area contributed by atoms with Crippen molar-refractivity contribution in [1.82, 2.24) is 10.2 Å². The maximum atomic E-state index is 13.8. The third-order valence-corrected chi connectivity index (χ3v) is 7.26. The molecule has 3 aromatic rings. The van der Waals surface area contributed by atoms with Crippen LogP contribution < -0.4 is 10.1 Å². The predicted molar refractivity (Wildman–Crippen MR) is 146 cm³/mol. The Hall–Kier alpha value is -3.36. The molecule has 212 valence electrons. The molecule has 3 atom stereocenters. The second kappa shape index (κ2) is 12.9. The highest BCUT2D eigenvalue weighted by atomic mass is 127. The lowest BCUT2D eigenvalue weighted by molar-refractivity contribution is -0.137. The Morgan fingerprint density at radius 2 is 1.85 bits per heavy atom. The van der Waals surface area contributed by atoms with Gasteiger partial charge in [0.1, 0.15) is 18.0 Å². The van der Waals surface area contributed by atoms with Gasteiger partial charge in [0.15, 0.2) is 0 Å². The van der Waals surface area contributed by atoms with Crippen molar-refractivity contribution in [2.45, 2.75) is 37.4 Å². The van der Waals surface area contributed by atoms with E-state index in [0.29, 0.717) is 11.3 Å². The third-order valence-electron chi connectivity index (χ3n) is 6.37. The first-order valence-corrected chi connectivity index (χ1v) is 13.3. The number of aliphatic hydroxyl groups is 2. The number of carbonyl (C=O) groups excluding carboxylic acids is 2. The van der Waals surface area contributed by atoms with Gasteiger partial charge in [-0.1, -0.05) is 12.1 Å². The zero-order valence-corrected chi connectivity index (χ0v) is 23.1. The van der Waals surface area contributed by atoms with Gasteiger partial charge in [0, 0.05) is 36.2 Å². The fourth-order valence-electron chi connectivity index (χ4n) is 4.35. The highest BCUT2D eigenvalue weighted by Gasteiger charge is 2.41. The number of para-hydroxylation sites is 1. The van der Waals surface area contributed by atoms with Crippen LogP contribution in [0.1, 0.15) is 27.9 Å². The summed E-state index contributed by atoms with van der Waals surface area (Å²) in [5, 5.41) is 23.2. The lowest BCUT2D eigenvalue weighted by Crippen LogP contribution is -2.54. The first-order chi connectivity index (χ1) is 19.1. The zero-order valence-electron chi connectivity index (χ0n) is 21.0. The van der Waals surface area contributed by atoms with Crippen molar-refractivity contribution in [2.75, 3.05) is 13.2 Å². The van der Waals surface area contributed by atoms with E-state index in [4.69, 9.17) is 14.3 Å². The van der Waals surface area contributed by atoms with Crippen LogP contribution in [0, 0.1) is 3.57 Å². The molecule has 1 aliphatic rings. The highest BCUT2D eigenvalue weighted by molar-refractivity contribution is 14.1. The first kappa shape index (κ1) is 29.6. The van der Waals surface area contributed by atoms with E-state index in [9.17, 15) is 27.9 Å². The van der Waals surface area contributed by atoms with E-state index in [1.54, 1.807) is 24.3 Å². The van der Waals surface area contributed by atoms with Crippen molar-refractivity contribution < 1.29 is 42.1 Å². The molecule has 4 rings (SSSR count). The van der Waals surface area contributed by atoms with E-state index in [-0.39, 0.29) is 37.3 Å². The largest absolute Gasteiger partial charge is 0.482 e. The fraction of sp³-hybridized carbons (Fsp3) is 0.286. The van der Waals surface area contributed by atoms with Crippen LogP contribution in [0.2, 0.25) is 0 Å². The van der Waals surface area contributed by atoms with Crippen molar-refractivity contribution in [2.24, 2.45) is 0 Å². The van der Waals surface area contributed by atoms with E-state index in [1.165, 1.54) is 23.5 Å². The van der Waals surface area contributed by atoms with Crippen molar-refractivity contribution >= 4 is 34.4 Å². The maximum absolute atomic E-state index is 13.8. The van der Waals surface area contributed by atoms with Gasteiger partial charge in [-0.05, 0) is 71.1 Å². The molecule has 3 N–H and O–H groups in total. The van der Waals surface area contributed by atoms with E-state index < -0.39 is 41.8 Å². The summed E-state index contributed by atoms with van der Waals surface area (Å²) in [5.41, 5.74) is -0.139. The Morgan fingerprint density at radius 1 is 1.12 bits per heavy atom. The average Bonchev–Trinajstić information content (AvgIpc) is 3.45. The molecule has 0 radical (unpaired) electrons. The van der Waals surface area contributed by atoms with Gasteiger partial charge in [-0.25, -0.2) is 0 Å². The van der Waals surface area contributed by atoms with Gasteiger partial charge >= 0.3 is 6.18 Å². The summed E-state index contributed by atoms with van der Waals surface area (Å²) in [6.07, 6.45) is -2.70. The predicted octanol–water partition coefficient (Wildman–Crippen LogP) is 4.16. The summed E-state index contributed by atoms with van der Waals surface area (Å²) in [6.45, 7) is -0.347. The van der Waals surface area contributed by atoms with E-state index in [1.807, 2.05) is 6.07 Å². The van der Waals surface area contributed by atoms with Gasteiger partial charge in [-0.15, -0.1) is 0 Å². The molecule has 1 aliphatic carbocycles. The number of benzene rings is 2. The number of ether oxygens (including phenoxy) is 1. The number of carbonyl (C=O) groups is 2. The Kier molecular flexibility index (Phi) is 9.53. The maximum Gasteiger partial charge on any atom is 0.416 e. The molecule has 0 aliphatic heterocycles. The molecule has 1 heterocycles.